The third-order valence-corrected chi connectivity index (χ3v) is 6.48. The molecule has 3 atom stereocenters. The second-order valence-corrected chi connectivity index (χ2v) is 10.3. The van der Waals surface area contributed by atoms with Crippen molar-refractivity contribution in [1.29, 1.82) is 0 Å². The fourth-order valence-electron chi connectivity index (χ4n) is 3.36. The van der Waals surface area contributed by atoms with E-state index in [1.54, 1.807) is 0 Å². The van der Waals surface area contributed by atoms with Crippen molar-refractivity contribution in [2.24, 2.45) is 5.73 Å². The second kappa shape index (κ2) is 22.9. The van der Waals surface area contributed by atoms with Crippen molar-refractivity contribution < 1.29 is 42.7 Å². The molecule has 0 aromatic carbocycles. The first-order chi connectivity index (χ1) is 17.2. The number of aliphatic carboxylic acids is 1. The first-order valence-corrected chi connectivity index (χ1v) is 14.6. The topological polar surface area (TPSA) is 155 Å². The van der Waals surface area contributed by atoms with Crippen molar-refractivity contribution in [2.45, 2.75) is 109 Å². The first-order valence-electron chi connectivity index (χ1n) is 13.2. The predicted molar refractivity (Wildman–Crippen MR) is 139 cm³/mol. The fraction of sp³-hybridized carbons (Fsp3) is 0.840. The van der Waals surface area contributed by atoms with Crippen LogP contribution >= 0.6 is 7.82 Å². The van der Waals surface area contributed by atoms with E-state index in [0.29, 0.717) is 6.42 Å². The predicted octanol–water partition coefficient (Wildman–Crippen LogP) is 5.13. The molecule has 0 amide bonds. The average Bonchev–Trinajstić information content (AvgIpc) is 2.83. The van der Waals surface area contributed by atoms with Gasteiger partial charge in [-0.2, -0.15) is 0 Å². The first kappa shape index (κ1) is 34.7. The highest BCUT2D eigenvalue weighted by atomic mass is 31.2. The number of hydrogen-bond acceptors (Lipinski definition) is 8. The molecular weight excluding hydrogens is 489 g/mol. The number of esters is 1. The zero-order valence-corrected chi connectivity index (χ0v) is 23.0. The van der Waals surface area contributed by atoms with E-state index in [-0.39, 0.29) is 19.6 Å². The van der Waals surface area contributed by atoms with Gasteiger partial charge >= 0.3 is 19.8 Å². The Labute approximate surface area is 216 Å². The number of carbonyl (C=O) groups excluding carboxylic acids is 1. The molecule has 0 aliphatic heterocycles. The van der Waals surface area contributed by atoms with Crippen LogP contribution in [0.3, 0.4) is 0 Å². The number of nitrogens with two attached hydrogens (primary N) is 1. The average molecular weight is 538 g/mol. The quantitative estimate of drug-likeness (QED) is 0.0618. The van der Waals surface area contributed by atoms with Crippen molar-refractivity contribution in [3.8, 4) is 0 Å². The summed E-state index contributed by atoms with van der Waals surface area (Å²) in [5.41, 5.74) is 5.23. The smallest absolute Gasteiger partial charge is 0.472 e. The number of ether oxygens (including phenoxy) is 2. The molecule has 36 heavy (non-hydrogen) atoms. The summed E-state index contributed by atoms with van der Waals surface area (Å²) in [4.78, 5) is 32.4. The summed E-state index contributed by atoms with van der Waals surface area (Å²) in [5.74, 6) is -1.81. The standard InChI is InChI=1S/C25H48NO9P/c1-3-4-5-6-7-8-9-10-11-12-13-14-15-16-17-18-24(27)33-20-22(19-32-2)35-36(30,31)34-21-23(26)25(28)29/h10-11,22-23H,3-9,12-21,26H2,1-2H3,(H,28,29)(H,30,31)/b11-10-/t22-,23+/m1/s1. The molecule has 1 unspecified atom stereocenters. The third-order valence-electron chi connectivity index (χ3n) is 5.44. The van der Waals surface area contributed by atoms with Gasteiger partial charge in [-0.3, -0.25) is 18.6 Å². The lowest BCUT2D eigenvalue weighted by Crippen LogP contribution is -2.35. The molecule has 0 spiro atoms. The van der Waals surface area contributed by atoms with Crippen molar-refractivity contribution in [3.05, 3.63) is 12.2 Å². The van der Waals surface area contributed by atoms with Gasteiger partial charge in [0.2, 0.25) is 0 Å². The molecule has 0 rings (SSSR count). The zero-order chi connectivity index (χ0) is 27.1. The number of rotatable bonds is 25. The molecule has 0 radical (unpaired) electrons. The van der Waals surface area contributed by atoms with E-state index in [2.05, 4.69) is 23.6 Å². The van der Waals surface area contributed by atoms with Crippen LogP contribution in [0, 0.1) is 0 Å². The number of carboxylic acid groups (broad SMARTS) is 1. The summed E-state index contributed by atoms with van der Waals surface area (Å²) < 4.78 is 31.5. The lowest BCUT2D eigenvalue weighted by molar-refractivity contribution is -0.147. The Bertz CT molecular complexity index is 645. The van der Waals surface area contributed by atoms with E-state index >= 15 is 0 Å². The molecule has 0 aromatic rings. The van der Waals surface area contributed by atoms with E-state index in [4.69, 9.17) is 24.8 Å². The summed E-state index contributed by atoms with van der Waals surface area (Å²) in [6.07, 6.45) is 18.9. The van der Waals surface area contributed by atoms with Gasteiger partial charge in [0, 0.05) is 13.5 Å². The van der Waals surface area contributed by atoms with Gasteiger partial charge in [-0.05, 0) is 32.1 Å². The molecule has 0 aliphatic rings. The van der Waals surface area contributed by atoms with E-state index in [1.165, 1.54) is 52.1 Å². The van der Waals surface area contributed by atoms with Gasteiger partial charge in [0.15, 0.2) is 0 Å². The van der Waals surface area contributed by atoms with Gasteiger partial charge < -0.3 is 25.2 Å². The largest absolute Gasteiger partial charge is 0.480 e. The highest BCUT2D eigenvalue weighted by Gasteiger charge is 2.29. The van der Waals surface area contributed by atoms with Gasteiger partial charge in [0.1, 0.15) is 18.8 Å². The normalized spacial score (nSPS) is 15.0. The third kappa shape index (κ3) is 21.9. The minimum atomic E-state index is -4.60. The SMILES string of the molecule is CCCCCCCC/C=C\CCCCCCCC(=O)OC[C@@H](COC)OP(=O)(O)OC[C@H](N)C(=O)O. The van der Waals surface area contributed by atoms with Crippen LogP contribution in [0.25, 0.3) is 0 Å². The lowest BCUT2D eigenvalue weighted by Gasteiger charge is -2.20. The number of carbonyl (C=O) groups is 2. The molecule has 0 saturated carbocycles. The maximum atomic E-state index is 12.0. The molecule has 4 N–H and O–H groups in total. The molecule has 0 aromatic heterocycles. The van der Waals surface area contributed by atoms with Gasteiger partial charge in [-0.1, -0.05) is 70.4 Å². The van der Waals surface area contributed by atoms with Crippen LogP contribution in [-0.4, -0.2) is 61.0 Å². The highest BCUT2D eigenvalue weighted by Crippen LogP contribution is 2.44. The Kier molecular flexibility index (Phi) is 22.1. The van der Waals surface area contributed by atoms with Crippen LogP contribution in [0.4, 0.5) is 0 Å². The number of phosphoric ester groups is 1. The van der Waals surface area contributed by atoms with Crippen molar-refractivity contribution in [3.63, 3.8) is 0 Å². The van der Waals surface area contributed by atoms with Gasteiger partial charge in [0.05, 0.1) is 13.2 Å². The van der Waals surface area contributed by atoms with Crippen molar-refractivity contribution in [2.75, 3.05) is 26.9 Å². The zero-order valence-electron chi connectivity index (χ0n) is 22.1. The number of hydrogen-bond donors (Lipinski definition) is 3. The van der Waals surface area contributed by atoms with E-state index in [9.17, 15) is 19.0 Å². The van der Waals surface area contributed by atoms with Crippen LogP contribution < -0.4 is 5.73 Å². The second-order valence-electron chi connectivity index (χ2n) is 8.91. The molecule has 0 saturated heterocycles. The van der Waals surface area contributed by atoms with Crippen molar-refractivity contribution in [1.82, 2.24) is 0 Å². The van der Waals surface area contributed by atoms with Crippen molar-refractivity contribution >= 4 is 19.8 Å². The number of methoxy groups -OCH3 is 1. The van der Waals surface area contributed by atoms with E-state index < -0.39 is 38.5 Å². The monoisotopic (exact) mass is 537 g/mol. The Morgan fingerprint density at radius 3 is 2.00 bits per heavy atom. The Balaban J connectivity index is 3.86. The van der Waals surface area contributed by atoms with Gasteiger partial charge in [-0.25, -0.2) is 4.57 Å². The maximum absolute atomic E-state index is 12.0. The minimum absolute atomic E-state index is 0.125. The summed E-state index contributed by atoms with van der Waals surface area (Å²) in [7, 11) is -3.25. The molecular formula is C25H48NO9P. The summed E-state index contributed by atoms with van der Waals surface area (Å²) in [6.45, 7) is 1.11. The van der Waals surface area contributed by atoms with Crippen LogP contribution in [0.5, 0.6) is 0 Å². The number of allylic oxidation sites excluding steroid dienone is 2. The highest BCUT2D eigenvalue weighted by molar-refractivity contribution is 7.47. The number of phosphoric acid groups is 1. The summed E-state index contributed by atoms with van der Waals surface area (Å²) >= 11 is 0. The molecule has 212 valence electrons. The van der Waals surface area contributed by atoms with Crippen LogP contribution in [0.1, 0.15) is 96.8 Å². The number of carboxylic acids is 1. The Morgan fingerprint density at radius 1 is 0.889 bits per heavy atom. The Hall–Kier alpha value is -1.29. The molecule has 0 heterocycles. The molecule has 0 bridgehead atoms. The molecule has 10 nitrogen and oxygen atoms in total. The van der Waals surface area contributed by atoms with Crippen LogP contribution in [0.15, 0.2) is 12.2 Å². The van der Waals surface area contributed by atoms with Crippen LogP contribution in [0.2, 0.25) is 0 Å². The molecule has 0 fully saturated rings. The number of unbranched alkanes of at least 4 members (excludes halogenated alkanes) is 11. The van der Waals surface area contributed by atoms with E-state index in [0.717, 1.165) is 32.1 Å². The minimum Gasteiger partial charge on any atom is -0.480 e. The lowest BCUT2D eigenvalue weighted by atomic mass is 10.1. The summed E-state index contributed by atoms with van der Waals surface area (Å²) in [5, 5.41) is 8.70. The van der Waals surface area contributed by atoms with Gasteiger partial charge in [0.25, 0.3) is 0 Å². The van der Waals surface area contributed by atoms with Crippen LogP contribution in [-0.2, 0) is 32.7 Å². The van der Waals surface area contributed by atoms with E-state index in [1.807, 2.05) is 0 Å². The Morgan fingerprint density at radius 2 is 1.44 bits per heavy atom. The summed E-state index contributed by atoms with van der Waals surface area (Å²) in [6, 6.07) is -1.47. The molecule has 11 heteroatoms. The van der Waals surface area contributed by atoms with Gasteiger partial charge in [-0.15, -0.1) is 0 Å². The maximum Gasteiger partial charge on any atom is 0.472 e. The fourth-order valence-corrected chi connectivity index (χ4v) is 4.27. The molecule has 0 aliphatic carbocycles.